The number of nitrogens with one attached hydrogen (secondary N) is 2. The molecule has 1 saturated heterocycles. The van der Waals surface area contributed by atoms with E-state index in [1.807, 2.05) is 18.2 Å². The minimum Gasteiger partial charge on any atom is -0.369 e. The second-order valence-corrected chi connectivity index (χ2v) is 12.9. The molecule has 0 aliphatic carbocycles. The summed E-state index contributed by atoms with van der Waals surface area (Å²) in [5, 5.41) is 4.05. The van der Waals surface area contributed by atoms with Crippen molar-refractivity contribution in [2.75, 3.05) is 48.2 Å². The van der Waals surface area contributed by atoms with Crippen molar-refractivity contribution in [2.45, 2.75) is 25.5 Å². The molecule has 0 saturated carbocycles. The molecule has 2 aromatic heterocycles. The second-order valence-electron chi connectivity index (χ2n) is 10.5. The molecule has 3 heterocycles. The highest BCUT2D eigenvalue weighted by Crippen LogP contribution is 2.27. The summed E-state index contributed by atoms with van der Waals surface area (Å²) >= 11 is 0. The topological polar surface area (TPSA) is 95.4 Å². The molecule has 0 amide bonds. The van der Waals surface area contributed by atoms with Crippen molar-refractivity contribution in [2.24, 2.45) is 0 Å². The van der Waals surface area contributed by atoms with Gasteiger partial charge in [0.1, 0.15) is 11.5 Å². The fourth-order valence-electron chi connectivity index (χ4n) is 4.18. The van der Waals surface area contributed by atoms with Gasteiger partial charge in [0.05, 0.1) is 10.4 Å². The molecule has 0 spiro atoms. The first kappa shape index (κ1) is 25.9. The number of hydrogen-bond acceptors (Lipinski definition) is 7. The Morgan fingerprint density at radius 2 is 1.63 bits per heavy atom. The van der Waals surface area contributed by atoms with Crippen LogP contribution in [-0.4, -0.2) is 65.8 Å². The highest BCUT2D eigenvalue weighted by Gasteiger charge is 2.30. The molecule has 1 fully saturated rings. The van der Waals surface area contributed by atoms with Crippen molar-refractivity contribution >= 4 is 44.1 Å². The van der Waals surface area contributed by atoms with Gasteiger partial charge in [0.2, 0.25) is 16.0 Å². The molecule has 5 rings (SSSR count). The maximum absolute atomic E-state index is 14.5. The molecule has 0 atom stereocenters. The standard InChI is InChI=1S/C27H32FN7O2S/c1-27(2,3)38(36,37)32-24-17-22(9-10-23(24)28)35-12-11-19-18-29-26(31-25(19)35)30-20-5-7-21(8-6-20)34-15-13-33(4)14-16-34/h5-12,17-18,32H,13-16H2,1-4H3,(H,29,30,31). The molecule has 2 aromatic carbocycles. The van der Waals surface area contributed by atoms with Crippen molar-refractivity contribution in [3.63, 3.8) is 0 Å². The van der Waals surface area contributed by atoms with Gasteiger partial charge in [-0.1, -0.05) is 0 Å². The van der Waals surface area contributed by atoms with E-state index in [-0.39, 0.29) is 5.69 Å². The molecular formula is C27H32FN7O2S. The van der Waals surface area contributed by atoms with Gasteiger partial charge in [0.25, 0.3) is 0 Å². The number of likely N-dealkylation sites (N-methyl/N-ethyl adjacent to an activating group) is 1. The number of aromatic nitrogens is 3. The lowest BCUT2D eigenvalue weighted by Gasteiger charge is -2.34. The van der Waals surface area contributed by atoms with Gasteiger partial charge in [-0.25, -0.2) is 17.8 Å². The van der Waals surface area contributed by atoms with Crippen LogP contribution in [0.3, 0.4) is 0 Å². The van der Waals surface area contributed by atoms with Crippen LogP contribution in [0, 0.1) is 5.82 Å². The Morgan fingerprint density at radius 3 is 2.32 bits per heavy atom. The third-order valence-electron chi connectivity index (χ3n) is 6.70. The number of anilines is 4. The first-order valence-corrected chi connectivity index (χ1v) is 14.0. The lowest BCUT2D eigenvalue weighted by Crippen LogP contribution is -2.44. The fourth-order valence-corrected chi connectivity index (χ4v) is 4.93. The molecule has 1 aliphatic heterocycles. The Labute approximate surface area is 222 Å². The van der Waals surface area contributed by atoms with E-state index in [9.17, 15) is 12.8 Å². The largest absolute Gasteiger partial charge is 0.369 e. The average Bonchev–Trinajstić information content (AvgIpc) is 3.29. The predicted molar refractivity (Wildman–Crippen MR) is 151 cm³/mol. The summed E-state index contributed by atoms with van der Waals surface area (Å²) in [6.45, 7) is 8.77. The summed E-state index contributed by atoms with van der Waals surface area (Å²) in [4.78, 5) is 13.8. The Morgan fingerprint density at radius 1 is 0.947 bits per heavy atom. The van der Waals surface area contributed by atoms with Gasteiger partial charge in [-0.05, 0) is 76.3 Å². The number of piperazine rings is 1. The van der Waals surface area contributed by atoms with E-state index in [1.165, 1.54) is 17.8 Å². The first-order chi connectivity index (χ1) is 18.0. The molecule has 0 radical (unpaired) electrons. The van der Waals surface area contributed by atoms with Crippen molar-refractivity contribution in [3.8, 4) is 5.69 Å². The van der Waals surface area contributed by atoms with Crippen LogP contribution in [0.4, 0.5) is 27.4 Å². The van der Waals surface area contributed by atoms with E-state index in [0.29, 0.717) is 17.3 Å². The minimum absolute atomic E-state index is 0.118. The molecular weight excluding hydrogens is 505 g/mol. The number of halogens is 1. The Balaban J connectivity index is 1.39. The van der Waals surface area contributed by atoms with Crippen LogP contribution in [0.2, 0.25) is 0 Å². The SMILES string of the molecule is CN1CCN(c2ccc(Nc3ncc4ccn(-c5ccc(F)c(NS(=O)(=O)C(C)(C)C)c5)c4n3)cc2)CC1. The van der Waals surface area contributed by atoms with E-state index in [0.717, 1.165) is 37.3 Å². The van der Waals surface area contributed by atoms with Gasteiger partial charge in [0.15, 0.2) is 0 Å². The number of nitrogens with zero attached hydrogens (tertiary/aromatic N) is 5. The van der Waals surface area contributed by atoms with E-state index < -0.39 is 20.6 Å². The average molecular weight is 538 g/mol. The second kappa shape index (κ2) is 9.88. The molecule has 11 heteroatoms. The smallest absolute Gasteiger partial charge is 0.237 e. The molecule has 0 unspecified atom stereocenters. The molecule has 0 bridgehead atoms. The Hall–Kier alpha value is -3.70. The number of hydrogen-bond donors (Lipinski definition) is 2. The number of rotatable bonds is 6. The minimum atomic E-state index is -3.80. The van der Waals surface area contributed by atoms with Crippen molar-refractivity contribution < 1.29 is 12.8 Å². The van der Waals surface area contributed by atoms with Crippen molar-refractivity contribution in [1.29, 1.82) is 0 Å². The lowest BCUT2D eigenvalue weighted by atomic mass is 10.2. The van der Waals surface area contributed by atoms with Crippen LogP contribution in [0.25, 0.3) is 16.7 Å². The Bertz CT molecular complexity index is 1550. The van der Waals surface area contributed by atoms with Gasteiger partial charge in [-0.3, -0.25) is 4.72 Å². The maximum atomic E-state index is 14.5. The van der Waals surface area contributed by atoms with Gasteiger partial charge in [-0.2, -0.15) is 4.98 Å². The van der Waals surface area contributed by atoms with Crippen LogP contribution in [0.5, 0.6) is 0 Å². The van der Waals surface area contributed by atoms with Gasteiger partial charge < -0.3 is 19.7 Å². The monoisotopic (exact) mass is 537 g/mol. The molecule has 4 aromatic rings. The summed E-state index contributed by atoms with van der Waals surface area (Å²) < 4.78 is 42.8. The summed E-state index contributed by atoms with van der Waals surface area (Å²) in [6.07, 6.45) is 3.51. The number of benzene rings is 2. The van der Waals surface area contributed by atoms with Crippen LogP contribution in [0.1, 0.15) is 20.8 Å². The van der Waals surface area contributed by atoms with Gasteiger partial charge >= 0.3 is 0 Å². The van der Waals surface area contributed by atoms with Crippen molar-refractivity contribution in [1.82, 2.24) is 19.4 Å². The summed E-state index contributed by atoms with van der Waals surface area (Å²) in [7, 11) is -1.66. The zero-order chi connectivity index (χ0) is 27.1. The number of sulfonamides is 1. The Kier molecular flexibility index (Phi) is 6.74. The first-order valence-electron chi connectivity index (χ1n) is 12.5. The molecule has 200 valence electrons. The molecule has 1 aliphatic rings. The maximum Gasteiger partial charge on any atom is 0.237 e. The lowest BCUT2D eigenvalue weighted by molar-refractivity contribution is 0.313. The van der Waals surface area contributed by atoms with E-state index in [4.69, 9.17) is 0 Å². The zero-order valence-corrected chi connectivity index (χ0v) is 22.8. The normalized spacial score (nSPS) is 15.1. The third-order valence-corrected chi connectivity index (χ3v) is 8.80. The van der Waals surface area contributed by atoms with Crippen LogP contribution in [0.15, 0.2) is 60.9 Å². The summed E-state index contributed by atoms with van der Waals surface area (Å²) in [6, 6.07) is 14.3. The van der Waals surface area contributed by atoms with Crippen molar-refractivity contribution in [3.05, 3.63) is 66.7 Å². The quantitative estimate of drug-likeness (QED) is 0.371. The predicted octanol–water partition coefficient (Wildman–Crippen LogP) is 4.60. The highest BCUT2D eigenvalue weighted by atomic mass is 32.2. The third kappa shape index (κ3) is 5.30. The number of fused-ring (bicyclic) bond motifs is 1. The van der Waals surface area contributed by atoms with Crippen LogP contribution in [-0.2, 0) is 10.0 Å². The fraction of sp³-hybridized carbons (Fsp3) is 0.333. The van der Waals surface area contributed by atoms with E-state index in [1.54, 1.807) is 43.8 Å². The molecule has 9 nitrogen and oxygen atoms in total. The van der Waals surface area contributed by atoms with Gasteiger partial charge in [-0.15, -0.1) is 0 Å². The molecule has 2 N–H and O–H groups in total. The van der Waals surface area contributed by atoms with Crippen LogP contribution >= 0.6 is 0 Å². The van der Waals surface area contributed by atoms with E-state index in [2.05, 4.69) is 49.0 Å². The van der Waals surface area contributed by atoms with Crippen LogP contribution < -0.4 is 14.9 Å². The molecule has 38 heavy (non-hydrogen) atoms. The van der Waals surface area contributed by atoms with E-state index >= 15 is 0 Å². The zero-order valence-electron chi connectivity index (χ0n) is 21.9. The van der Waals surface area contributed by atoms with Gasteiger partial charge in [0, 0.05) is 61.0 Å². The summed E-state index contributed by atoms with van der Waals surface area (Å²) in [5.41, 5.74) is 3.10. The highest BCUT2D eigenvalue weighted by molar-refractivity contribution is 7.94. The summed E-state index contributed by atoms with van der Waals surface area (Å²) in [5.74, 6) is -0.240.